The predicted octanol–water partition coefficient (Wildman–Crippen LogP) is 4.21. The van der Waals surface area contributed by atoms with E-state index in [9.17, 15) is 9.90 Å². The maximum absolute atomic E-state index is 11.5. The van der Waals surface area contributed by atoms with Crippen molar-refractivity contribution >= 4 is 23.3 Å². The molecule has 0 saturated heterocycles. The van der Waals surface area contributed by atoms with Gasteiger partial charge in [-0.05, 0) is 37.3 Å². The van der Waals surface area contributed by atoms with Crippen molar-refractivity contribution in [1.29, 1.82) is 0 Å². The van der Waals surface area contributed by atoms with Crippen molar-refractivity contribution in [2.75, 3.05) is 7.11 Å². The molecular weight excluding hydrogens is 378 g/mol. The first-order valence-electron chi connectivity index (χ1n) is 8.76. The van der Waals surface area contributed by atoms with Gasteiger partial charge in [-0.25, -0.2) is 4.98 Å². The Bertz CT molecular complexity index is 1090. The van der Waals surface area contributed by atoms with Crippen LogP contribution in [-0.4, -0.2) is 33.4 Å². The number of carbonyl (C=O) groups is 1. The summed E-state index contributed by atoms with van der Waals surface area (Å²) in [6, 6.07) is 12.5. The Kier molecular flexibility index (Phi) is 4.65. The van der Waals surface area contributed by atoms with Gasteiger partial charge in [-0.1, -0.05) is 23.7 Å². The number of fused-ring (bicyclic) bond motifs is 3. The lowest BCUT2D eigenvalue weighted by Gasteiger charge is -2.14. The number of nitrogens with zero attached hydrogens (tertiary/aromatic N) is 3. The van der Waals surface area contributed by atoms with Crippen molar-refractivity contribution in [2.24, 2.45) is 4.99 Å². The van der Waals surface area contributed by atoms with E-state index >= 15 is 0 Å². The van der Waals surface area contributed by atoms with Gasteiger partial charge in [0.15, 0.2) is 0 Å². The Morgan fingerprint density at radius 2 is 2.00 bits per heavy atom. The number of rotatable bonds is 4. The van der Waals surface area contributed by atoms with Gasteiger partial charge in [0.25, 0.3) is 0 Å². The Labute approximate surface area is 167 Å². The third kappa shape index (κ3) is 3.16. The number of halogens is 1. The van der Waals surface area contributed by atoms with Crippen molar-refractivity contribution < 1.29 is 14.6 Å². The highest BCUT2D eigenvalue weighted by atomic mass is 35.5. The van der Waals surface area contributed by atoms with Gasteiger partial charge >= 0.3 is 5.97 Å². The van der Waals surface area contributed by atoms with Crippen LogP contribution in [0.3, 0.4) is 0 Å². The molecule has 0 aliphatic carbocycles. The second-order valence-electron chi connectivity index (χ2n) is 6.57. The van der Waals surface area contributed by atoms with Crippen LogP contribution in [0.5, 0.6) is 5.75 Å². The molecule has 0 bridgehead atoms. The van der Waals surface area contributed by atoms with Gasteiger partial charge in [0.05, 0.1) is 24.9 Å². The minimum absolute atomic E-state index is 0.154. The van der Waals surface area contributed by atoms with Crippen LogP contribution in [0.2, 0.25) is 5.02 Å². The molecule has 0 radical (unpaired) electrons. The molecule has 1 aliphatic heterocycles. The number of carboxylic acid groups (broad SMARTS) is 1. The fraction of sp³-hybridized carbons (Fsp3) is 0.190. The molecule has 142 valence electrons. The van der Waals surface area contributed by atoms with Gasteiger partial charge in [0, 0.05) is 28.0 Å². The first kappa shape index (κ1) is 18.3. The van der Waals surface area contributed by atoms with Crippen LogP contribution in [-0.2, 0) is 4.79 Å². The second kappa shape index (κ2) is 7.13. The van der Waals surface area contributed by atoms with Gasteiger partial charge in [0.2, 0.25) is 0 Å². The van der Waals surface area contributed by atoms with E-state index in [-0.39, 0.29) is 6.42 Å². The number of hydrogen-bond acceptors (Lipinski definition) is 4. The third-order valence-electron chi connectivity index (χ3n) is 4.73. The summed E-state index contributed by atoms with van der Waals surface area (Å²) in [5.74, 6) is 0.367. The summed E-state index contributed by atoms with van der Waals surface area (Å²) < 4.78 is 7.39. The Morgan fingerprint density at radius 1 is 1.25 bits per heavy atom. The largest absolute Gasteiger partial charge is 0.497 e. The minimum Gasteiger partial charge on any atom is -0.497 e. The van der Waals surface area contributed by atoms with Gasteiger partial charge in [-0.15, -0.1) is 0 Å². The lowest BCUT2D eigenvalue weighted by atomic mass is 10.00. The van der Waals surface area contributed by atoms with Crippen molar-refractivity contribution in [3.8, 4) is 11.4 Å². The normalized spacial score (nSPS) is 15.2. The fourth-order valence-corrected chi connectivity index (χ4v) is 3.58. The number of imidazole rings is 1. The molecule has 4 rings (SSSR count). The molecule has 0 spiro atoms. The maximum Gasteiger partial charge on any atom is 0.306 e. The quantitative estimate of drug-likeness (QED) is 0.717. The molecule has 0 fully saturated rings. The number of methoxy groups -OCH3 is 1. The monoisotopic (exact) mass is 395 g/mol. The molecule has 3 aromatic rings. The number of aryl methyl sites for hydroxylation is 1. The summed E-state index contributed by atoms with van der Waals surface area (Å²) in [4.78, 5) is 20.8. The number of carboxylic acids is 1. The highest BCUT2D eigenvalue weighted by Gasteiger charge is 2.29. The van der Waals surface area contributed by atoms with E-state index < -0.39 is 12.0 Å². The molecule has 1 N–H and O–H groups in total. The molecular formula is C21H18ClN3O3. The SMILES string of the molecule is COc1ccc2c(c1)C(c1ccc(Cl)cc1)=N[C@@H](CC(=O)O)c1ncc(C)n1-2. The molecule has 6 nitrogen and oxygen atoms in total. The van der Waals surface area contributed by atoms with Gasteiger partial charge < -0.3 is 9.84 Å². The summed E-state index contributed by atoms with van der Waals surface area (Å²) in [6.45, 7) is 1.94. The minimum atomic E-state index is -0.931. The van der Waals surface area contributed by atoms with Gasteiger partial charge in [0.1, 0.15) is 17.6 Å². The predicted molar refractivity (Wildman–Crippen MR) is 107 cm³/mol. The molecule has 1 aromatic heterocycles. The second-order valence-corrected chi connectivity index (χ2v) is 7.01. The summed E-state index contributed by atoms with van der Waals surface area (Å²) in [5, 5.41) is 10.1. The number of benzene rings is 2. The number of hydrogen-bond donors (Lipinski definition) is 1. The highest BCUT2D eigenvalue weighted by Crippen LogP contribution is 2.34. The van der Waals surface area contributed by atoms with Crippen LogP contribution in [0, 0.1) is 6.92 Å². The van der Waals surface area contributed by atoms with E-state index in [2.05, 4.69) is 4.98 Å². The Morgan fingerprint density at radius 3 is 2.68 bits per heavy atom. The zero-order valence-electron chi connectivity index (χ0n) is 15.4. The molecule has 0 saturated carbocycles. The van der Waals surface area contributed by atoms with E-state index in [1.54, 1.807) is 25.4 Å². The van der Waals surface area contributed by atoms with Crippen LogP contribution in [0.15, 0.2) is 53.7 Å². The Hall–Kier alpha value is -3.12. The molecule has 0 amide bonds. The number of aliphatic carboxylic acids is 1. The zero-order chi connectivity index (χ0) is 19.8. The number of aliphatic imine (C=N–C) groups is 1. The zero-order valence-corrected chi connectivity index (χ0v) is 16.1. The smallest absolute Gasteiger partial charge is 0.306 e. The fourth-order valence-electron chi connectivity index (χ4n) is 3.45. The summed E-state index contributed by atoms with van der Waals surface area (Å²) >= 11 is 6.05. The average Bonchev–Trinajstić information content (AvgIpc) is 3.00. The average molecular weight is 396 g/mol. The number of aromatic nitrogens is 2. The molecule has 1 aliphatic rings. The van der Waals surface area contributed by atoms with Crippen LogP contribution in [0.4, 0.5) is 0 Å². The molecule has 1 atom stereocenters. The number of ether oxygens (including phenoxy) is 1. The maximum atomic E-state index is 11.5. The topological polar surface area (TPSA) is 76.7 Å². The van der Waals surface area contributed by atoms with Crippen molar-refractivity contribution in [3.63, 3.8) is 0 Å². The lowest BCUT2D eigenvalue weighted by Crippen LogP contribution is -2.10. The highest BCUT2D eigenvalue weighted by molar-refractivity contribution is 6.30. The van der Waals surface area contributed by atoms with Crippen molar-refractivity contribution in [2.45, 2.75) is 19.4 Å². The molecule has 2 aromatic carbocycles. The van der Waals surface area contributed by atoms with Crippen molar-refractivity contribution in [3.05, 3.63) is 76.3 Å². The van der Waals surface area contributed by atoms with Crippen molar-refractivity contribution in [1.82, 2.24) is 9.55 Å². The van der Waals surface area contributed by atoms with E-state index in [1.165, 1.54) is 0 Å². The molecule has 0 unspecified atom stereocenters. The summed E-state index contributed by atoms with van der Waals surface area (Å²) in [6.07, 6.45) is 1.58. The van der Waals surface area contributed by atoms with Crippen LogP contribution in [0.25, 0.3) is 5.69 Å². The Balaban J connectivity index is 2.02. The molecule has 28 heavy (non-hydrogen) atoms. The van der Waals surface area contributed by atoms with E-state index in [0.717, 1.165) is 22.5 Å². The molecule has 7 heteroatoms. The van der Waals surface area contributed by atoms with Crippen LogP contribution in [0.1, 0.15) is 35.1 Å². The summed E-state index contributed by atoms with van der Waals surface area (Å²) in [7, 11) is 1.61. The third-order valence-corrected chi connectivity index (χ3v) is 4.99. The van der Waals surface area contributed by atoms with E-state index in [0.29, 0.717) is 22.3 Å². The van der Waals surface area contributed by atoms with E-state index in [1.807, 2.05) is 41.8 Å². The van der Waals surface area contributed by atoms with Crippen LogP contribution < -0.4 is 4.74 Å². The van der Waals surface area contributed by atoms with Crippen LogP contribution >= 0.6 is 11.6 Å². The molecule has 2 heterocycles. The first-order chi connectivity index (χ1) is 13.5. The lowest BCUT2D eigenvalue weighted by molar-refractivity contribution is -0.137. The van der Waals surface area contributed by atoms with E-state index in [4.69, 9.17) is 21.3 Å². The first-order valence-corrected chi connectivity index (χ1v) is 9.14. The van der Waals surface area contributed by atoms with Gasteiger partial charge in [-0.3, -0.25) is 14.4 Å². The summed E-state index contributed by atoms with van der Waals surface area (Å²) in [5.41, 5.74) is 4.16. The standard InChI is InChI=1S/C21H18ClN3O3/c1-12-11-23-21-17(10-19(26)27)24-20(13-3-5-14(22)6-4-13)16-9-15(28-2)7-8-18(16)25(12)21/h3-9,11,17H,10H2,1-2H3,(H,26,27)/t17-/m0/s1. The van der Waals surface area contributed by atoms with Gasteiger partial charge in [-0.2, -0.15) is 0 Å².